The van der Waals surface area contributed by atoms with Crippen molar-refractivity contribution in [3.63, 3.8) is 0 Å². The highest BCUT2D eigenvalue weighted by Crippen LogP contribution is 2.14. The zero-order valence-corrected chi connectivity index (χ0v) is 11.1. The monoisotopic (exact) mass is 264 g/mol. The molecule has 1 atom stereocenters. The van der Waals surface area contributed by atoms with Gasteiger partial charge in [-0.3, -0.25) is 4.90 Å². The topological polar surface area (TPSA) is 64.0 Å². The molecule has 1 aliphatic heterocycles. The minimum Gasteiger partial charge on any atom is -0.465 e. The van der Waals surface area contributed by atoms with Crippen molar-refractivity contribution in [2.24, 2.45) is 0 Å². The van der Waals surface area contributed by atoms with Crippen LogP contribution in [0.5, 0.6) is 0 Å². The van der Waals surface area contributed by atoms with Crippen LogP contribution in [0.15, 0.2) is 24.3 Å². The fourth-order valence-corrected chi connectivity index (χ4v) is 2.47. The molecule has 1 aromatic carbocycles. The molecule has 1 fully saturated rings. The first-order chi connectivity index (χ1) is 9.10. The molecule has 0 aliphatic carbocycles. The summed E-state index contributed by atoms with van der Waals surface area (Å²) in [6.45, 7) is 4.91. The molecular weight excluding hydrogens is 244 g/mol. The lowest BCUT2D eigenvalue weighted by atomic mass is 10.1. The summed E-state index contributed by atoms with van der Waals surface area (Å²) in [5.41, 5.74) is 2.10. The Morgan fingerprint density at radius 2 is 1.89 bits per heavy atom. The van der Waals surface area contributed by atoms with Gasteiger partial charge in [0.25, 0.3) is 0 Å². The van der Waals surface area contributed by atoms with E-state index in [1.807, 2.05) is 31.2 Å². The van der Waals surface area contributed by atoms with Gasteiger partial charge in [-0.05, 0) is 18.1 Å². The first-order valence-electron chi connectivity index (χ1n) is 6.50. The molecule has 0 radical (unpaired) electrons. The maximum Gasteiger partial charge on any atom is 0.407 e. The van der Waals surface area contributed by atoms with Crippen LogP contribution in [0.3, 0.4) is 0 Å². The summed E-state index contributed by atoms with van der Waals surface area (Å²) in [5, 5.41) is 18.0. The molecule has 1 saturated heterocycles. The summed E-state index contributed by atoms with van der Waals surface area (Å²) in [6.07, 6.45) is -0.834. The molecule has 19 heavy (non-hydrogen) atoms. The highest BCUT2D eigenvalue weighted by atomic mass is 16.4. The number of hydrogen-bond acceptors (Lipinski definition) is 3. The van der Waals surface area contributed by atoms with E-state index in [2.05, 4.69) is 4.90 Å². The molecule has 0 bridgehead atoms. The number of amides is 1. The highest BCUT2D eigenvalue weighted by molar-refractivity contribution is 5.65. The Bertz CT molecular complexity index is 433. The van der Waals surface area contributed by atoms with Crippen molar-refractivity contribution in [3.05, 3.63) is 35.4 Å². The van der Waals surface area contributed by atoms with Gasteiger partial charge in [-0.2, -0.15) is 0 Å². The second-order valence-electron chi connectivity index (χ2n) is 5.03. The van der Waals surface area contributed by atoms with E-state index in [9.17, 15) is 4.79 Å². The van der Waals surface area contributed by atoms with Crippen LogP contribution in [-0.2, 0) is 13.2 Å². The van der Waals surface area contributed by atoms with Crippen molar-refractivity contribution >= 4 is 6.09 Å². The Morgan fingerprint density at radius 1 is 1.26 bits per heavy atom. The van der Waals surface area contributed by atoms with Crippen LogP contribution in [-0.4, -0.2) is 51.8 Å². The average Bonchev–Trinajstić information content (AvgIpc) is 2.39. The Labute approximate surface area is 113 Å². The largest absolute Gasteiger partial charge is 0.465 e. The van der Waals surface area contributed by atoms with E-state index in [4.69, 9.17) is 10.2 Å². The lowest BCUT2D eigenvalue weighted by molar-refractivity contribution is 0.0711. The van der Waals surface area contributed by atoms with Gasteiger partial charge in [0.1, 0.15) is 0 Å². The van der Waals surface area contributed by atoms with Crippen LogP contribution < -0.4 is 0 Å². The third kappa shape index (κ3) is 3.45. The summed E-state index contributed by atoms with van der Waals surface area (Å²) in [7, 11) is 0. The van der Waals surface area contributed by atoms with Crippen molar-refractivity contribution in [2.45, 2.75) is 26.1 Å². The standard InChI is InChI=1S/C14H20N2O3/c1-11-8-15(6-7-16(11)14(18)19)9-12-2-4-13(10-17)5-3-12/h2-5,11,17H,6-10H2,1H3,(H,18,19). The van der Waals surface area contributed by atoms with Crippen LogP contribution in [0.2, 0.25) is 0 Å². The van der Waals surface area contributed by atoms with Gasteiger partial charge in [-0.25, -0.2) is 4.79 Å². The van der Waals surface area contributed by atoms with Gasteiger partial charge >= 0.3 is 6.09 Å². The molecule has 5 nitrogen and oxygen atoms in total. The van der Waals surface area contributed by atoms with Gasteiger partial charge in [-0.1, -0.05) is 24.3 Å². The van der Waals surface area contributed by atoms with Crippen molar-refractivity contribution in [1.29, 1.82) is 0 Å². The molecule has 1 heterocycles. The number of nitrogens with zero attached hydrogens (tertiary/aromatic N) is 2. The fourth-order valence-electron chi connectivity index (χ4n) is 2.47. The van der Waals surface area contributed by atoms with E-state index in [0.717, 1.165) is 25.2 Å². The van der Waals surface area contributed by atoms with Gasteiger partial charge in [0.15, 0.2) is 0 Å². The molecule has 1 aliphatic rings. The Morgan fingerprint density at radius 3 is 2.42 bits per heavy atom. The highest BCUT2D eigenvalue weighted by Gasteiger charge is 2.26. The van der Waals surface area contributed by atoms with Crippen LogP contribution in [0.25, 0.3) is 0 Å². The molecule has 5 heteroatoms. The lowest BCUT2D eigenvalue weighted by Gasteiger charge is -2.38. The fraction of sp³-hybridized carbons (Fsp3) is 0.500. The first kappa shape index (κ1) is 13.8. The summed E-state index contributed by atoms with van der Waals surface area (Å²) in [6, 6.07) is 7.90. The predicted molar refractivity (Wildman–Crippen MR) is 71.8 cm³/mol. The van der Waals surface area contributed by atoms with Gasteiger partial charge in [0.2, 0.25) is 0 Å². The van der Waals surface area contributed by atoms with Crippen LogP contribution in [0, 0.1) is 0 Å². The predicted octanol–water partition coefficient (Wildman–Crippen LogP) is 1.36. The first-order valence-corrected chi connectivity index (χ1v) is 6.50. The van der Waals surface area contributed by atoms with E-state index >= 15 is 0 Å². The number of piperazine rings is 1. The van der Waals surface area contributed by atoms with Crippen molar-refractivity contribution in [2.75, 3.05) is 19.6 Å². The summed E-state index contributed by atoms with van der Waals surface area (Å²) in [4.78, 5) is 14.7. The quantitative estimate of drug-likeness (QED) is 0.865. The van der Waals surface area contributed by atoms with Gasteiger partial charge in [-0.15, -0.1) is 0 Å². The zero-order valence-electron chi connectivity index (χ0n) is 11.1. The maximum absolute atomic E-state index is 11.0. The molecule has 2 rings (SSSR count). The van der Waals surface area contributed by atoms with Gasteiger partial charge in [0.05, 0.1) is 6.61 Å². The van der Waals surface area contributed by atoms with E-state index < -0.39 is 6.09 Å². The van der Waals surface area contributed by atoms with Gasteiger partial charge < -0.3 is 15.1 Å². The van der Waals surface area contributed by atoms with E-state index in [-0.39, 0.29) is 12.6 Å². The minimum absolute atomic E-state index is 0.0305. The van der Waals surface area contributed by atoms with E-state index in [1.54, 1.807) is 0 Å². The maximum atomic E-state index is 11.0. The second kappa shape index (κ2) is 6.04. The average molecular weight is 264 g/mol. The third-order valence-corrected chi connectivity index (χ3v) is 3.57. The van der Waals surface area contributed by atoms with Crippen LogP contribution >= 0.6 is 0 Å². The number of benzene rings is 1. The van der Waals surface area contributed by atoms with E-state index in [1.165, 1.54) is 10.5 Å². The van der Waals surface area contributed by atoms with Crippen molar-refractivity contribution in [3.8, 4) is 0 Å². The lowest BCUT2D eigenvalue weighted by Crippen LogP contribution is -2.53. The molecule has 0 aromatic heterocycles. The number of carboxylic acid groups (broad SMARTS) is 1. The van der Waals surface area contributed by atoms with Crippen molar-refractivity contribution < 1.29 is 15.0 Å². The smallest absolute Gasteiger partial charge is 0.407 e. The molecule has 0 saturated carbocycles. The number of aliphatic hydroxyl groups excluding tert-OH is 1. The molecule has 104 valence electrons. The molecule has 0 spiro atoms. The third-order valence-electron chi connectivity index (χ3n) is 3.57. The van der Waals surface area contributed by atoms with Crippen LogP contribution in [0.4, 0.5) is 4.79 Å². The molecular formula is C14H20N2O3. The minimum atomic E-state index is -0.834. The number of hydrogen-bond donors (Lipinski definition) is 2. The number of aliphatic hydroxyl groups is 1. The number of carbonyl (C=O) groups is 1. The molecule has 2 N–H and O–H groups in total. The van der Waals surface area contributed by atoms with Crippen molar-refractivity contribution in [1.82, 2.24) is 9.80 Å². The summed E-state index contributed by atoms with van der Waals surface area (Å²) in [5.74, 6) is 0. The Balaban J connectivity index is 1.92. The summed E-state index contributed by atoms with van der Waals surface area (Å²) >= 11 is 0. The van der Waals surface area contributed by atoms with Crippen LogP contribution in [0.1, 0.15) is 18.1 Å². The normalized spacial score (nSPS) is 20.5. The SMILES string of the molecule is CC1CN(Cc2ccc(CO)cc2)CCN1C(=O)O. The summed E-state index contributed by atoms with van der Waals surface area (Å²) < 4.78 is 0. The van der Waals surface area contributed by atoms with E-state index in [0.29, 0.717) is 6.54 Å². The molecule has 1 unspecified atom stereocenters. The molecule has 1 aromatic rings. The number of rotatable bonds is 3. The Kier molecular flexibility index (Phi) is 4.39. The zero-order chi connectivity index (χ0) is 13.8. The second-order valence-corrected chi connectivity index (χ2v) is 5.03. The Hall–Kier alpha value is -1.59. The molecule has 1 amide bonds. The van der Waals surface area contributed by atoms with Gasteiger partial charge in [0, 0.05) is 32.2 Å².